The molecule has 0 fully saturated rings. The van der Waals surface area contributed by atoms with Crippen LogP contribution in [0.25, 0.3) is 0 Å². The van der Waals surface area contributed by atoms with E-state index in [9.17, 15) is 4.79 Å². The summed E-state index contributed by atoms with van der Waals surface area (Å²) in [6, 6.07) is 0. The summed E-state index contributed by atoms with van der Waals surface area (Å²) in [7, 11) is 0. The summed E-state index contributed by atoms with van der Waals surface area (Å²) in [5.74, 6) is 0.362. The Labute approximate surface area is 78.3 Å². The van der Waals surface area contributed by atoms with Gasteiger partial charge in [-0.3, -0.25) is 4.79 Å². The van der Waals surface area contributed by atoms with Gasteiger partial charge in [-0.2, -0.15) is 5.43 Å². The Hall–Kier alpha value is -0.870. The first-order valence-electron chi connectivity index (χ1n) is 4.42. The van der Waals surface area contributed by atoms with Crippen LogP contribution in [0.15, 0.2) is 12.3 Å². The predicted octanol–water partition coefficient (Wildman–Crippen LogP) is 0.566. The van der Waals surface area contributed by atoms with Crippen LogP contribution in [0.4, 0.5) is 0 Å². The molecule has 4 heteroatoms. The topological polar surface area (TPSA) is 50.4 Å². The van der Waals surface area contributed by atoms with Crippen LogP contribution in [0.2, 0.25) is 0 Å². The summed E-state index contributed by atoms with van der Waals surface area (Å²) >= 11 is 0. The smallest absolute Gasteiger partial charge is 0.215 e. The monoisotopic (exact) mass is 184 g/mol. The standard InChI is InChI=1S/C9H16N2O2/c1-7(2)6-13-9(8(3)12)4-5-10-11-9/h4-5,7,10-11H,6H2,1-3H3. The van der Waals surface area contributed by atoms with Crippen molar-refractivity contribution in [3.8, 4) is 0 Å². The lowest BCUT2D eigenvalue weighted by Crippen LogP contribution is -2.52. The Kier molecular flexibility index (Phi) is 3.06. The van der Waals surface area contributed by atoms with Crippen molar-refractivity contribution in [2.75, 3.05) is 6.61 Å². The summed E-state index contributed by atoms with van der Waals surface area (Å²) in [5.41, 5.74) is 4.58. The largest absolute Gasteiger partial charge is 0.348 e. The lowest BCUT2D eigenvalue weighted by Gasteiger charge is -2.25. The summed E-state index contributed by atoms with van der Waals surface area (Å²) in [6.07, 6.45) is 3.36. The number of rotatable bonds is 4. The third-order valence-corrected chi connectivity index (χ3v) is 1.83. The van der Waals surface area contributed by atoms with E-state index in [0.717, 1.165) is 0 Å². The summed E-state index contributed by atoms with van der Waals surface area (Å²) in [6.45, 7) is 6.14. The predicted molar refractivity (Wildman–Crippen MR) is 49.6 cm³/mol. The second-order valence-corrected chi connectivity index (χ2v) is 3.60. The van der Waals surface area contributed by atoms with E-state index >= 15 is 0 Å². The molecule has 1 heterocycles. The van der Waals surface area contributed by atoms with E-state index in [1.54, 1.807) is 12.3 Å². The maximum atomic E-state index is 11.3. The van der Waals surface area contributed by atoms with Crippen molar-refractivity contribution in [1.29, 1.82) is 0 Å². The number of hydrazine groups is 1. The average Bonchev–Trinajstić information content (AvgIpc) is 2.50. The average molecular weight is 184 g/mol. The molecule has 0 aromatic carbocycles. The van der Waals surface area contributed by atoms with Gasteiger partial charge in [-0.1, -0.05) is 13.8 Å². The molecule has 1 aliphatic heterocycles. The Morgan fingerprint density at radius 2 is 2.31 bits per heavy atom. The van der Waals surface area contributed by atoms with Crippen LogP contribution in [-0.2, 0) is 9.53 Å². The number of nitrogens with one attached hydrogen (secondary N) is 2. The Morgan fingerprint density at radius 1 is 1.62 bits per heavy atom. The molecule has 1 rings (SSSR count). The van der Waals surface area contributed by atoms with Crippen LogP contribution in [-0.4, -0.2) is 18.1 Å². The molecule has 0 saturated carbocycles. The zero-order valence-corrected chi connectivity index (χ0v) is 8.26. The fraction of sp³-hybridized carbons (Fsp3) is 0.667. The molecule has 0 aromatic heterocycles. The molecular weight excluding hydrogens is 168 g/mol. The second-order valence-electron chi connectivity index (χ2n) is 3.60. The van der Waals surface area contributed by atoms with Gasteiger partial charge < -0.3 is 10.2 Å². The van der Waals surface area contributed by atoms with Gasteiger partial charge in [0, 0.05) is 6.20 Å². The molecular formula is C9H16N2O2. The van der Waals surface area contributed by atoms with E-state index in [1.165, 1.54) is 6.92 Å². The number of carbonyl (C=O) groups is 1. The van der Waals surface area contributed by atoms with Crippen LogP contribution in [0.1, 0.15) is 20.8 Å². The normalized spacial score (nSPS) is 26.5. The Morgan fingerprint density at radius 3 is 2.69 bits per heavy atom. The Bertz CT molecular complexity index is 226. The van der Waals surface area contributed by atoms with Crippen LogP contribution in [0.3, 0.4) is 0 Å². The van der Waals surface area contributed by atoms with E-state index in [1.807, 2.05) is 13.8 Å². The first-order chi connectivity index (χ1) is 6.07. The van der Waals surface area contributed by atoms with Crippen LogP contribution >= 0.6 is 0 Å². The van der Waals surface area contributed by atoms with Crippen LogP contribution in [0.5, 0.6) is 0 Å². The minimum atomic E-state index is -0.954. The van der Waals surface area contributed by atoms with E-state index < -0.39 is 5.72 Å². The summed E-state index contributed by atoms with van der Waals surface area (Å²) < 4.78 is 5.50. The first-order valence-corrected chi connectivity index (χ1v) is 4.42. The molecule has 0 aliphatic carbocycles. The molecule has 0 bridgehead atoms. The van der Waals surface area contributed by atoms with Gasteiger partial charge in [-0.15, -0.1) is 0 Å². The van der Waals surface area contributed by atoms with Crippen molar-refractivity contribution in [2.45, 2.75) is 26.5 Å². The molecule has 0 saturated heterocycles. The van der Waals surface area contributed by atoms with Crippen molar-refractivity contribution in [3.63, 3.8) is 0 Å². The van der Waals surface area contributed by atoms with Crippen molar-refractivity contribution >= 4 is 5.78 Å². The molecule has 0 spiro atoms. The van der Waals surface area contributed by atoms with Gasteiger partial charge in [0.2, 0.25) is 5.72 Å². The van der Waals surface area contributed by atoms with E-state index in [0.29, 0.717) is 12.5 Å². The zero-order valence-electron chi connectivity index (χ0n) is 8.26. The third-order valence-electron chi connectivity index (χ3n) is 1.83. The van der Waals surface area contributed by atoms with E-state index in [-0.39, 0.29) is 5.78 Å². The number of ether oxygens (including phenoxy) is 1. The highest BCUT2D eigenvalue weighted by molar-refractivity contribution is 5.87. The number of carbonyl (C=O) groups excluding carboxylic acids is 1. The summed E-state index contributed by atoms with van der Waals surface area (Å²) in [4.78, 5) is 11.3. The minimum Gasteiger partial charge on any atom is -0.348 e. The molecule has 0 radical (unpaired) electrons. The van der Waals surface area contributed by atoms with Crippen molar-refractivity contribution in [2.24, 2.45) is 5.92 Å². The highest BCUT2D eigenvalue weighted by Crippen LogP contribution is 2.14. The van der Waals surface area contributed by atoms with Crippen molar-refractivity contribution in [3.05, 3.63) is 12.3 Å². The van der Waals surface area contributed by atoms with E-state index in [4.69, 9.17) is 4.74 Å². The van der Waals surface area contributed by atoms with Gasteiger partial charge in [0.05, 0.1) is 6.61 Å². The van der Waals surface area contributed by atoms with Gasteiger partial charge in [-0.05, 0) is 18.9 Å². The highest BCUT2D eigenvalue weighted by Gasteiger charge is 2.36. The van der Waals surface area contributed by atoms with Crippen LogP contribution in [0, 0.1) is 5.92 Å². The number of hydrogen-bond acceptors (Lipinski definition) is 4. The molecule has 74 valence electrons. The highest BCUT2D eigenvalue weighted by atomic mass is 16.5. The van der Waals surface area contributed by atoms with Crippen LogP contribution < -0.4 is 10.9 Å². The van der Waals surface area contributed by atoms with Gasteiger partial charge in [0.1, 0.15) is 0 Å². The molecule has 2 N–H and O–H groups in total. The SMILES string of the molecule is CC(=O)C1(OCC(C)C)C=CNN1. The third kappa shape index (κ3) is 2.29. The second kappa shape index (κ2) is 3.89. The molecule has 0 amide bonds. The lowest BCUT2D eigenvalue weighted by atomic mass is 10.1. The molecule has 1 unspecified atom stereocenters. The fourth-order valence-electron chi connectivity index (χ4n) is 1.04. The maximum absolute atomic E-state index is 11.3. The van der Waals surface area contributed by atoms with Gasteiger partial charge in [0.15, 0.2) is 5.78 Å². The number of ketones is 1. The first kappa shape index (κ1) is 10.2. The van der Waals surface area contributed by atoms with Crippen molar-refractivity contribution < 1.29 is 9.53 Å². The lowest BCUT2D eigenvalue weighted by molar-refractivity contribution is -0.141. The van der Waals surface area contributed by atoms with Gasteiger partial charge in [-0.25, -0.2) is 0 Å². The van der Waals surface area contributed by atoms with Gasteiger partial charge >= 0.3 is 0 Å². The van der Waals surface area contributed by atoms with Crippen molar-refractivity contribution in [1.82, 2.24) is 10.9 Å². The summed E-state index contributed by atoms with van der Waals surface area (Å²) in [5, 5.41) is 0. The minimum absolute atomic E-state index is 0.0469. The molecule has 1 atom stereocenters. The van der Waals surface area contributed by atoms with E-state index in [2.05, 4.69) is 10.9 Å². The maximum Gasteiger partial charge on any atom is 0.215 e. The molecule has 1 aliphatic rings. The zero-order chi connectivity index (χ0) is 9.90. The number of hydrogen-bond donors (Lipinski definition) is 2. The Balaban J connectivity index is 2.58. The quantitative estimate of drug-likeness (QED) is 0.670. The number of Topliss-reactive ketones (excluding diaryl/α,β-unsaturated/α-hetero) is 1. The molecule has 13 heavy (non-hydrogen) atoms. The molecule has 4 nitrogen and oxygen atoms in total. The van der Waals surface area contributed by atoms with Gasteiger partial charge in [0.25, 0.3) is 0 Å². The molecule has 0 aromatic rings. The fourth-order valence-corrected chi connectivity index (χ4v) is 1.04.